The first-order valence-electron chi connectivity index (χ1n) is 5.21. The van der Waals surface area contributed by atoms with E-state index in [0.717, 1.165) is 16.9 Å². The van der Waals surface area contributed by atoms with E-state index < -0.39 is 5.90 Å². The van der Waals surface area contributed by atoms with Gasteiger partial charge in [-0.2, -0.15) is 0 Å². The van der Waals surface area contributed by atoms with Gasteiger partial charge in [0.25, 0.3) is 0 Å². The topological polar surface area (TPSA) is 67.2 Å². The number of likely N-dealkylation sites (tertiary alicyclic amines) is 1. The van der Waals surface area contributed by atoms with Crippen LogP contribution in [0.2, 0.25) is 0 Å². The van der Waals surface area contributed by atoms with Gasteiger partial charge in [0, 0.05) is 0 Å². The number of piperidine rings is 1. The molecule has 1 aliphatic heterocycles. The van der Waals surface area contributed by atoms with Gasteiger partial charge in [-0.1, -0.05) is 0 Å². The molecule has 88 valence electrons. The van der Waals surface area contributed by atoms with Crippen molar-refractivity contribution in [2.24, 2.45) is 17.8 Å². The number of carbonyl (C=O) groups is 1. The zero-order valence-corrected chi connectivity index (χ0v) is 13.1. The molecule has 0 aromatic heterocycles. The van der Waals surface area contributed by atoms with Crippen LogP contribution < -0.4 is 5.11 Å². The summed E-state index contributed by atoms with van der Waals surface area (Å²) in [7, 11) is 0. The number of hydrogen-bond acceptors (Lipinski definition) is 3. The summed E-state index contributed by atoms with van der Waals surface area (Å²) in [4.78, 5) is 13.9. The first-order valence-corrected chi connectivity index (χ1v) is 7.80. The van der Waals surface area contributed by atoms with Crippen LogP contribution in [0.1, 0.15) is 19.3 Å². The molecule has 2 bridgehead atoms. The van der Waals surface area contributed by atoms with Gasteiger partial charge in [-0.3, -0.25) is 0 Å². The molecule has 0 aromatic carbocycles. The van der Waals surface area contributed by atoms with E-state index in [-0.39, 0.29) is 17.7 Å². The number of nitrogens with zero attached hydrogens (tertiary/aromatic N) is 1. The van der Waals surface area contributed by atoms with E-state index in [1.807, 2.05) is 0 Å². The predicted molar refractivity (Wildman–Crippen MR) is 57.7 cm³/mol. The van der Waals surface area contributed by atoms with E-state index in [9.17, 15) is 9.90 Å². The average molecular weight is 456 g/mol. The molecular formula is C10H12BrN2O2W-. The molecule has 3 atom stereocenters. The van der Waals surface area contributed by atoms with Gasteiger partial charge in [-0.25, -0.2) is 0 Å². The zero-order valence-electron chi connectivity index (χ0n) is 8.61. The van der Waals surface area contributed by atoms with Crippen LogP contribution in [0.4, 0.5) is 0 Å². The maximum atomic E-state index is 12.1. The molecule has 1 heterocycles. The summed E-state index contributed by atoms with van der Waals surface area (Å²) in [6.07, 6.45) is 2.21. The maximum absolute atomic E-state index is 12.1. The summed E-state index contributed by atoms with van der Waals surface area (Å²) in [6, 6.07) is 0. The third-order valence-corrected chi connectivity index (χ3v) is 5.92. The molecule has 1 N–H and O–H groups in total. The van der Waals surface area contributed by atoms with Crippen molar-refractivity contribution >= 4 is 31.8 Å². The first-order chi connectivity index (χ1) is 7.54. The Bertz CT molecular complexity index is 337. The molecule has 0 spiro atoms. The monoisotopic (exact) mass is 455 g/mol. The molecule has 1 aliphatic carbocycles. The Morgan fingerprint density at radius 2 is 2.12 bits per heavy atom. The second-order valence-electron chi connectivity index (χ2n) is 4.39. The summed E-state index contributed by atoms with van der Waals surface area (Å²) >= 11 is 4.63. The van der Waals surface area contributed by atoms with E-state index in [4.69, 9.17) is 5.41 Å². The van der Waals surface area contributed by atoms with Crippen molar-refractivity contribution < 1.29 is 29.3 Å². The van der Waals surface area contributed by atoms with Crippen LogP contribution in [0, 0.1) is 23.2 Å². The zero-order chi connectivity index (χ0) is 11.9. The van der Waals surface area contributed by atoms with E-state index >= 15 is 0 Å². The van der Waals surface area contributed by atoms with Crippen molar-refractivity contribution in [3.05, 3.63) is 0 Å². The van der Waals surface area contributed by atoms with Gasteiger partial charge >= 0.3 is 114 Å². The Kier molecular flexibility index (Phi) is 3.65. The first kappa shape index (κ1) is 12.4. The molecule has 16 heavy (non-hydrogen) atoms. The van der Waals surface area contributed by atoms with Crippen molar-refractivity contribution in [3.63, 3.8) is 0 Å². The molecule has 3 unspecified atom stereocenters. The molecule has 1 saturated carbocycles. The second-order valence-corrected chi connectivity index (χ2v) is 6.39. The quantitative estimate of drug-likeness (QED) is 0.280. The molecule has 1 amide bonds. The van der Waals surface area contributed by atoms with E-state index in [0.29, 0.717) is 17.8 Å². The third kappa shape index (κ3) is 2.04. The number of alkyl halides is 1. The van der Waals surface area contributed by atoms with E-state index in [1.54, 1.807) is 4.90 Å². The minimum absolute atomic E-state index is 0.0429. The number of hydrogen-bond donors (Lipinski definition) is 1. The fourth-order valence-electron chi connectivity index (χ4n) is 2.60. The van der Waals surface area contributed by atoms with Gasteiger partial charge in [0.05, 0.1) is 0 Å². The third-order valence-electron chi connectivity index (χ3n) is 3.43. The molecule has 0 radical (unpaired) electrons. The van der Waals surface area contributed by atoms with Crippen molar-refractivity contribution in [1.29, 1.82) is 5.41 Å². The van der Waals surface area contributed by atoms with Gasteiger partial charge in [-0.15, -0.1) is 0 Å². The second kappa shape index (κ2) is 4.69. The van der Waals surface area contributed by atoms with Crippen molar-refractivity contribution in [3.8, 4) is 0 Å². The van der Waals surface area contributed by atoms with Gasteiger partial charge in [0.2, 0.25) is 0 Å². The van der Waals surface area contributed by atoms with E-state index in [1.165, 1.54) is 19.4 Å². The molecule has 2 fully saturated rings. The normalized spacial score (nSPS) is 34.1. The Hall–Kier alpha value is -0.0217. The minimum atomic E-state index is -0.502. The van der Waals surface area contributed by atoms with Gasteiger partial charge in [-0.05, 0) is 0 Å². The van der Waals surface area contributed by atoms with Crippen LogP contribution in [0.5, 0.6) is 0 Å². The molecule has 2 rings (SSSR count). The van der Waals surface area contributed by atoms with Crippen LogP contribution in [0.25, 0.3) is 0 Å². The van der Waals surface area contributed by atoms with Crippen LogP contribution >= 0.6 is 15.9 Å². The molecule has 1 saturated heterocycles. The molecule has 6 heteroatoms. The molecule has 4 nitrogen and oxygen atoms in total. The number of halogens is 1. The van der Waals surface area contributed by atoms with Crippen LogP contribution in [0.3, 0.4) is 0 Å². The van der Waals surface area contributed by atoms with E-state index in [2.05, 4.69) is 15.9 Å². The summed E-state index contributed by atoms with van der Waals surface area (Å²) < 4.78 is 1.13. The Balaban J connectivity index is 2.22. The van der Waals surface area contributed by atoms with Gasteiger partial charge in [0.15, 0.2) is 0 Å². The molecular weight excluding hydrogens is 444 g/mol. The fourth-order valence-corrected chi connectivity index (χ4v) is 5.02. The van der Waals surface area contributed by atoms with Crippen LogP contribution in [0.15, 0.2) is 0 Å². The van der Waals surface area contributed by atoms with Crippen molar-refractivity contribution in [1.82, 2.24) is 4.90 Å². The fraction of sp³-hybridized carbons (Fsp3) is 0.700. The SMILES string of the molecule is N=C([O-])C1CC2CC(C1)[C](=[W])N(CBr)C2=O. The van der Waals surface area contributed by atoms with Crippen molar-refractivity contribution in [2.75, 3.05) is 5.45 Å². The Morgan fingerprint density at radius 3 is 2.69 bits per heavy atom. The van der Waals surface area contributed by atoms with Gasteiger partial charge < -0.3 is 0 Å². The van der Waals surface area contributed by atoms with Crippen LogP contribution in [-0.4, -0.2) is 26.2 Å². The number of nitrogens with one attached hydrogen (secondary N) is 1. The Labute approximate surface area is 113 Å². The number of amides is 1. The summed E-state index contributed by atoms with van der Waals surface area (Å²) in [5.74, 6) is -0.303. The van der Waals surface area contributed by atoms with Crippen LogP contribution in [-0.2, 0) is 24.1 Å². The summed E-state index contributed by atoms with van der Waals surface area (Å²) in [5.41, 5.74) is 0.553. The molecule has 0 aromatic rings. The number of fused-ring (bicyclic) bond motifs is 2. The number of rotatable bonds is 2. The number of carbonyl (C=O) groups excluding carboxylic acids is 1. The van der Waals surface area contributed by atoms with Crippen molar-refractivity contribution in [2.45, 2.75) is 19.3 Å². The summed E-state index contributed by atoms with van der Waals surface area (Å²) in [5, 5.41) is 18.3. The Morgan fingerprint density at radius 1 is 1.50 bits per heavy atom. The average Bonchev–Trinajstić information content (AvgIpc) is 2.27. The predicted octanol–water partition coefficient (Wildman–Crippen LogP) is 0.228. The molecule has 2 aliphatic rings. The summed E-state index contributed by atoms with van der Waals surface area (Å²) in [6.45, 7) is 0. The standard InChI is InChI=1S/C10H13BrN2O2.W/c11-5-13-4-6-1-7(9(12)14)3-8(2-6)10(13)15;/h6-8H,1-3,5H2,(H2,12,14);/p-1. The van der Waals surface area contributed by atoms with Gasteiger partial charge in [0.1, 0.15) is 0 Å².